The summed E-state index contributed by atoms with van der Waals surface area (Å²) in [5, 5.41) is 2.83. The Morgan fingerprint density at radius 2 is 2.00 bits per heavy atom. The van der Waals surface area contributed by atoms with E-state index in [2.05, 4.69) is 12.2 Å². The van der Waals surface area contributed by atoms with Gasteiger partial charge >= 0.3 is 0 Å². The minimum Gasteiger partial charge on any atom is -0.398 e. The maximum absolute atomic E-state index is 11.8. The van der Waals surface area contributed by atoms with Crippen LogP contribution in [0.4, 0.5) is 5.69 Å². The molecule has 1 rings (SSSR count). The molecular weight excluding hydrogens is 228 g/mol. The summed E-state index contributed by atoms with van der Waals surface area (Å²) >= 11 is 0. The molecule has 1 aromatic carbocycles. The third-order valence-corrected chi connectivity index (χ3v) is 2.60. The number of carbonyl (C=O) groups is 1. The van der Waals surface area contributed by atoms with Gasteiger partial charge in [0.2, 0.25) is 0 Å². The molecule has 0 aliphatic heterocycles. The van der Waals surface area contributed by atoms with E-state index in [4.69, 9.17) is 10.5 Å². The monoisotopic (exact) mass is 250 g/mol. The van der Waals surface area contributed by atoms with Gasteiger partial charge in [0.1, 0.15) is 0 Å². The van der Waals surface area contributed by atoms with E-state index in [0.717, 1.165) is 25.9 Å². The van der Waals surface area contributed by atoms with E-state index >= 15 is 0 Å². The number of carbonyl (C=O) groups excluding carboxylic acids is 1. The smallest absolute Gasteiger partial charge is 0.253 e. The average Bonchev–Trinajstić information content (AvgIpc) is 2.38. The Kier molecular flexibility index (Phi) is 6.87. The molecule has 0 heterocycles. The van der Waals surface area contributed by atoms with Crippen LogP contribution in [-0.2, 0) is 4.74 Å². The Balaban J connectivity index is 2.16. The standard InChI is InChI=1S/C14H22N2O2/c1-2-3-10-18-11-6-9-16-14(17)12-7-4-5-8-13(12)15/h4-5,7-8H,2-3,6,9-11,15H2,1H3,(H,16,17). The van der Waals surface area contributed by atoms with Crippen LogP contribution in [0.25, 0.3) is 0 Å². The number of hydrogen-bond donors (Lipinski definition) is 2. The van der Waals surface area contributed by atoms with Crippen LogP contribution in [-0.4, -0.2) is 25.7 Å². The minimum absolute atomic E-state index is 0.123. The number of nitrogen functional groups attached to an aromatic ring is 1. The van der Waals surface area contributed by atoms with Gasteiger partial charge in [-0.25, -0.2) is 0 Å². The number of unbranched alkanes of at least 4 members (excludes halogenated alkanes) is 1. The third-order valence-electron chi connectivity index (χ3n) is 2.60. The van der Waals surface area contributed by atoms with E-state index in [9.17, 15) is 4.79 Å². The molecule has 0 fully saturated rings. The zero-order chi connectivity index (χ0) is 13.2. The number of benzene rings is 1. The van der Waals surface area contributed by atoms with Crippen LogP contribution in [0.2, 0.25) is 0 Å². The summed E-state index contributed by atoms with van der Waals surface area (Å²) in [6.07, 6.45) is 3.05. The van der Waals surface area contributed by atoms with Gasteiger partial charge in [-0.3, -0.25) is 4.79 Å². The van der Waals surface area contributed by atoms with Crippen molar-refractivity contribution >= 4 is 11.6 Å². The molecule has 4 heteroatoms. The fourth-order valence-electron chi connectivity index (χ4n) is 1.52. The number of amides is 1. The molecule has 3 N–H and O–H groups in total. The molecule has 0 aliphatic rings. The average molecular weight is 250 g/mol. The molecule has 1 amide bonds. The molecule has 100 valence electrons. The van der Waals surface area contributed by atoms with E-state index in [1.54, 1.807) is 18.2 Å². The van der Waals surface area contributed by atoms with Crippen molar-refractivity contribution in [3.8, 4) is 0 Å². The quantitative estimate of drug-likeness (QED) is 0.549. The Bertz CT molecular complexity index is 367. The SMILES string of the molecule is CCCCOCCCNC(=O)c1ccccc1N. The summed E-state index contributed by atoms with van der Waals surface area (Å²) in [5.41, 5.74) is 6.76. The summed E-state index contributed by atoms with van der Waals surface area (Å²) in [4.78, 5) is 11.8. The molecule has 0 spiro atoms. The Morgan fingerprint density at radius 3 is 2.72 bits per heavy atom. The lowest BCUT2D eigenvalue weighted by Crippen LogP contribution is -2.26. The number of nitrogens with two attached hydrogens (primary N) is 1. The highest BCUT2D eigenvalue weighted by Crippen LogP contribution is 2.09. The molecule has 0 bridgehead atoms. The van der Waals surface area contributed by atoms with Gasteiger partial charge in [-0.15, -0.1) is 0 Å². The minimum atomic E-state index is -0.123. The zero-order valence-corrected chi connectivity index (χ0v) is 10.9. The van der Waals surface area contributed by atoms with Crippen molar-refractivity contribution in [2.75, 3.05) is 25.5 Å². The van der Waals surface area contributed by atoms with Crippen molar-refractivity contribution in [3.05, 3.63) is 29.8 Å². The van der Waals surface area contributed by atoms with Crippen molar-refractivity contribution < 1.29 is 9.53 Å². The van der Waals surface area contributed by atoms with Gasteiger partial charge in [-0.1, -0.05) is 25.5 Å². The fourth-order valence-corrected chi connectivity index (χ4v) is 1.52. The highest BCUT2D eigenvalue weighted by Gasteiger charge is 2.07. The second kappa shape index (κ2) is 8.53. The van der Waals surface area contributed by atoms with Crippen LogP contribution in [0.15, 0.2) is 24.3 Å². The Morgan fingerprint density at radius 1 is 1.28 bits per heavy atom. The van der Waals surface area contributed by atoms with E-state index < -0.39 is 0 Å². The van der Waals surface area contributed by atoms with Crippen LogP contribution in [0.1, 0.15) is 36.5 Å². The van der Waals surface area contributed by atoms with Gasteiger partial charge in [0.05, 0.1) is 5.56 Å². The summed E-state index contributed by atoms with van der Waals surface area (Å²) in [6.45, 7) is 4.23. The van der Waals surface area contributed by atoms with Crippen LogP contribution >= 0.6 is 0 Å². The normalized spacial score (nSPS) is 10.3. The largest absolute Gasteiger partial charge is 0.398 e. The molecule has 4 nitrogen and oxygen atoms in total. The first-order valence-electron chi connectivity index (χ1n) is 6.46. The highest BCUT2D eigenvalue weighted by atomic mass is 16.5. The van der Waals surface area contributed by atoms with E-state index in [-0.39, 0.29) is 5.91 Å². The highest BCUT2D eigenvalue weighted by molar-refractivity contribution is 5.98. The van der Waals surface area contributed by atoms with Crippen molar-refractivity contribution in [2.24, 2.45) is 0 Å². The van der Waals surface area contributed by atoms with Gasteiger partial charge in [0.15, 0.2) is 0 Å². The lowest BCUT2D eigenvalue weighted by molar-refractivity contribution is 0.0941. The number of anilines is 1. The molecular formula is C14H22N2O2. The van der Waals surface area contributed by atoms with Gasteiger partial charge in [0, 0.05) is 25.4 Å². The Labute approximate surface area is 109 Å². The van der Waals surface area contributed by atoms with Gasteiger partial charge in [-0.05, 0) is 25.0 Å². The molecule has 0 aromatic heterocycles. The maximum Gasteiger partial charge on any atom is 0.253 e. The summed E-state index contributed by atoms with van der Waals surface area (Å²) < 4.78 is 5.41. The lowest BCUT2D eigenvalue weighted by Gasteiger charge is -2.07. The van der Waals surface area contributed by atoms with E-state index in [0.29, 0.717) is 24.4 Å². The second-order valence-corrected chi connectivity index (χ2v) is 4.16. The second-order valence-electron chi connectivity index (χ2n) is 4.16. The van der Waals surface area contributed by atoms with Crippen molar-refractivity contribution in [1.82, 2.24) is 5.32 Å². The Hall–Kier alpha value is -1.55. The molecule has 0 atom stereocenters. The maximum atomic E-state index is 11.8. The van der Waals surface area contributed by atoms with Crippen LogP contribution in [0.5, 0.6) is 0 Å². The summed E-state index contributed by atoms with van der Waals surface area (Å²) in [5.74, 6) is -0.123. The first-order chi connectivity index (χ1) is 8.75. The predicted molar refractivity (Wildman–Crippen MR) is 73.5 cm³/mol. The van der Waals surface area contributed by atoms with Crippen LogP contribution in [0, 0.1) is 0 Å². The molecule has 0 saturated carbocycles. The fraction of sp³-hybridized carbons (Fsp3) is 0.500. The lowest BCUT2D eigenvalue weighted by atomic mass is 10.1. The molecule has 0 unspecified atom stereocenters. The topological polar surface area (TPSA) is 64.3 Å². The van der Waals surface area contributed by atoms with Gasteiger partial charge < -0.3 is 15.8 Å². The van der Waals surface area contributed by atoms with Gasteiger partial charge in [-0.2, -0.15) is 0 Å². The zero-order valence-electron chi connectivity index (χ0n) is 10.9. The van der Waals surface area contributed by atoms with E-state index in [1.165, 1.54) is 0 Å². The number of nitrogens with one attached hydrogen (secondary N) is 1. The van der Waals surface area contributed by atoms with Crippen LogP contribution in [0.3, 0.4) is 0 Å². The molecule has 0 aliphatic carbocycles. The van der Waals surface area contributed by atoms with Crippen LogP contribution < -0.4 is 11.1 Å². The molecule has 0 saturated heterocycles. The summed E-state index contributed by atoms with van der Waals surface area (Å²) in [6, 6.07) is 7.07. The molecule has 1 aromatic rings. The first-order valence-corrected chi connectivity index (χ1v) is 6.46. The third kappa shape index (κ3) is 5.19. The van der Waals surface area contributed by atoms with Gasteiger partial charge in [0.25, 0.3) is 5.91 Å². The molecule has 18 heavy (non-hydrogen) atoms. The molecule has 0 radical (unpaired) electrons. The summed E-state index contributed by atoms with van der Waals surface area (Å²) in [7, 11) is 0. The number of hydrogen-bond acceptors (Lipinski definition) is 3. The number of para-hydroxylation sites is 1. The van der Waals surface area contributed by atoms with Crippen molar-refractivity contribution in [3.63, 3.8) is 0 Å². The van der Waals surface area contributed by atoms with Crippen molar-refractivity contribution in [1.29, 1.82) is 0 Å². The van der Waals surface area contributed by atoms with E-state index in [1.807, 2.05) is 6.07 Å². The van der Waals surface area contributed by atoms with Crippen molar-refractivity contribution in [2.45, 2.75) is 26.2 Å². The number of ether oxygens (including phenoxy) is 1. The first kappa shape index (κ1) is 14.5. The number of rotatable bonds is 8. The predicted octanol–water partition coefficient (Wildman–Crippen LogP) is 2.21.